The van der Waals surface area contributed by atoms with Gasteiger partial charge >= 0.3 is 0 Å². The fraction of sp³-hybridized carbons (Fsp3) is 0.0769. The summed E-state index contributed by atoms with van der Waals surface area (Å²) in [5.41, 5.74) is 0.677. The first-order chi connectivity index (χ1) is 15.5. The van der Waals surface area contributed by atoms with Gasteiger partial charge in [-0.05, 0) is 64.4 Å². The Morgan fingerprint density at radius 1 is 0.594 bits per heavy atom. The predicted molar refractivity (Wildman–Crippen MR) is 128 cm³/mol. The molecule has 0 saturated heterocycles. The first-order valence-corrected chi connectivity index (χ1v) is 13.2. The van der Waals surface area contributed by atoms with E-state index in [1.807, 2.05) is 103 Å². The van der Waals surface area contributed by atoms with Crippen LogP contribution in [0.1, 0.15) is 5.56 Å². The molecule has 0 aromatic heterocycles. The normalized spacial score (nSPS) is 12.3. The zero-order valence-corrected chi connectivity index (χ0v) is 19.3. The van der Waals surface area contributed by atoms with Crippen LogP contribution in [0.2, 0.25) is 0 Å². The third-order valence-electron chi connectivity index (χ3n) is 4.93. The van der Waals surface area contributed by atoms with E-state index in [1.165, 1.54) is 0 Å². The molecule has 0 spiro atoms. The number of hydrogen-bond acceptors (Lipinski definition) is 4. The van der Waals surface area contributed by atoms with Gasteiger partial charge in [-0.15, -0.1) is 0 Å². The van der Waals surface area contributed by atoms with E-state index in [2.05, 4.69) is 0 Å². The summed E-state index contributed by atoms with van der Waals surface area (Å²) in [5.74, 6) is 0.480. The molecule has 0 bridgehead atoms. The first kappa shape index (κ1) is 22.1. The van der Waals surface area contributed by atoms with Crippen LogP contribution in [-0.2, 0) is 19.5 Å². The second-order valence-corrected chi connectivity index (χ2v) is 11.6. The van der Waals surface area contributed by atoms with E-state index in [9.17, 15) is 8.42 Å². The quantitative estimate of drug-likeness (QED) is 0.301. The highest BCUT2D eigenvalue weighted by atomic mass is 32.3. The van der Waals surface area contributed by atoms with Crippen molar-refractivity contribution in [2.75, 3.05) is 7.11 Å². The molecule has 0 fully saturated rings. The summed E-state index contributed by atoms with van der Waals surface area (Å²) < 4.78 is 38.5. The molecule has 0 unspecified atom stereocenters. The second-order valence-electron chi connectivity index (χ2n) is 7.11. The van der Waals surface area contributed by atoms with Gasteiger partial charge in [0.25, 0.3) is 10.1 Å². The number of benzene rings is 4. The smallest absolute Gasteiger partial charge is 0.281 e. The molecular weight excluding hydrogens is 440 g/mol. The van der Waals surface area contributed by atoms with Gasteiger partial charge in [0.05, 0.1) is 7.11 Å². The van der Waals surface area contributed by atoms with Crippen molar-refractivity contribution in [3.63, 3.8) is 0 Å². The fourth-order valence-corrected chi connectivity index (χ4v) is 8.87. The maximum absolute atomic E-state index is 13.4. The molecule has 0 aliphatic heterocycles. The summed E-state index contributed by atoms with van der Waals surface area (Å²) in [6.07, 6.45) is 0. The lowest BCUT2D eigenvalue weighted by Gasteiger charge is -2.39. The third-order valence-corrected chi connectivity index (χ3v) is 10.1. The minimum Gasteiger partial charge on any atom is -0.497 e. The minimum atomic E-state index is -3.95. The Labute approximate surface area is 191 Å². The molecule has 4 aromatic carbocycles. The maximum Gasteiger partial charge on any atom is 0.281 e. The van der Waals surface area contributed by atoms with Crippen molar-refractivity contribution in [1.82, 2.24) is 0 Å². The molecule has 4 aromatic rings. The van der Waals surface area contributed by atoms with E-state index < -0.39 is 20.4 Å². The van der Waals surface area contributed by atoms with Crippen LogP contribution in [0.4, 0.5) is 0 Å². The molecule has 0 amide bonds. The standard InChI is InChI=1S/C26H24O4S2/c1-29-23-17-19-26(20-18-23)32(24-13-7-3-8-14-24,25-15-9-4-10-16-25)30-31(27,28)21-22-11-5-2-6-12-22/h2-20H,21H2,1H3. The van der Waals surface area contributed by atoms with Crippen molar-refractivity contribution in [3.8, 4) is 5.75 Å². The average molecular weight is 465 g/mol. The summed E-state index contributed by atoms with van der Waals surface area (Å²) in [7, 11) is -4.92. The molecule has 0 N–H and O–H groups in total. The van der Waals surface area contributed by atoms with E-state index in [-0.39, 0.29) is 5.75 Å². The van der Waals surface area contributed by atoms with Crippen LogP contribution in [0, 0.1) is 0 Å². The Morgan fingerprint density at radius 3 is 1.50 bits per heavy atom. The first-order valence-electron chi connectivity index (χ1n) is 10.1. The van der Waals surface area contributed by atoms with Crippen LogP contribution < -0.4 is 4.74 Å². The molecule has 0 saturated carbocycles. The molecule has 6 heteroatoms. The zero-order valence-electron chi connectivity index (χ0n) is 17.6. The Bertz CT molecular complexity index is 1200. The molecule has 0 radical (unpaired) electrons. The van der Waals surface area contributed by atoms with E-state index >= 15 is 0 Å². The molecule has 32 heavy (non-hydrogen) atoms. The lowest BCUT2D eigenvalue weighted by molar-refractivity contribution is 0.414. The summed E-state index contributed by atoms with van der Waals surface area (Å²) in [6, 6.07) is 35.6. The molecule has 4 rings (SSSR count). The van der Waals surface area contributed by atoms with Crippen molar-refractivity contribution < 1.29 is 16.8 Å². The molecule has 0 heterocycles. The van der Waals surface area contributed by atoms with Gasteiger partial charge in [-0.25, -0.2) is 3.63 Å². The predicted octanol–water partition coefficient (Wildman–Crippen LogP) is 6.44. The highest BCUT2D eigenvalue weighted by Crippen LogP contribution is 2.70. The van der Waals surface area contributed by atoms with Gasteiger partial charge in [-0.2, -0.15) is 8.42 Å². The van der Waals surface area contributed by atoms with E-state index in [1.54, 1.807) is 19.2 Å². The summed E-state index contributed by atoms with van der Waals surface area (Å²) in [5, 5.41) is 0. The summed E-state index contributed by atoms with van der Waals surface area (Å²) >= 11 is 0. The van der Waals surface area contributed by atoms with Crippen LogP contribution in [-0.4, -0.2) is 15.5 Å². The summed E-state index contributed by atoms with van der Waals surface area (Å²) in [6.45, 7) is 0. The van der Waals surface area contributed by atoms with E-state index in [0.29, 0.717) is 11.3 Å². The highest BCUT2D eigenvalue weighted by Gasteiger charge is 2.37. The molecule has 0 atom stereocenters. The fourth-order valence-electron chi connectivity index (χ4n) is 3.48. The summed E-state index contributed by atoms with van der Waals surface area (Å²) in [4.78, 5) is 2.37. The lowest BCUT2D eigenvalue weighted by Crippen LogP contribution is -2.15. The van der Waals surface area contributed by atoms with E-state index in [0.717, 1.165) is 14.7 Å². The Kier molecular flexibility index (Phi) is 6.65. The molecule has 0 aliphatic carbocycles. The van der Waals surface area contributed by atoms with Crippen LogP contribution in [0.15, 0.2) is 130 Å². The molecule has 4 nitrogen and oxygen atoms in total. The van der Waals surface area contributed by atoms with Crippen molar-refractivity contribution in [2.45, 2.75) is 20.4 Å². The average Bonchev–Trinajstić information content (AvgIpc) is 2.84. The topological polar surface area (TPSA) is 52.6 Å². The molecule has 0 aliphatic rings. The SMILES string of the molecule is COc1ccc(S(OS(=O)(=O)Cc2ccccc2)(c2ccccc2)c2ccccc2)cc1. The molecule has 164 valence electrons. The third kappa shape index (κ3) is 4.72. The minimum absolute atomic E-state index is 0.210. The number of hydrogen-bond donors (Lipinski definition) is 0. The number of methoxy groups -OCH3 is 1. The van der Waals surface area contributed by atoms with Gasteiger partial charge in [-0.1, -0.05) is 66.7 Å². The van der Waals surface area contributed by atoms with Crippen LogP contribution in [0.25, 0.3) is 0 Å². The van der Waals surface area contributed by atoms with Crippen LogP contribution >= 0.6 is 10.3 Å². The van der Waals surface area contributed by atoms with Gasteiger partial charge in [-0.3, -0.25) is 0 Å². The van der Waals surface area contributed by atoms with Gasteiger partial charge in [0, 0.05) is 14.7 Å². The Hall–Kier alpha value is -3.06. The number of rotatable bonds is 8. The van der Waals surface area contributed by atoms with Gasteiger partial charge in [0.2, 0.25) is 0 Å². The maximum atomic E-state index is 13.4. The van der Waals surface area contributed by atoms with Gasteiger partial charge in [0.1, 0.15) is 11.5 Å². The number of ether oxygens (including phenoxy) is 1. The highest BCUT2D eigenvalue weighted by molar-refractivity contribution is 8.33. The van der Waals surface area contributed by atoms with Gasteiger partial charge in [0.15, 0.2) is 0 Å². The van der Waals surface area contributed by atoms with Crippen molar-refractivity contribution in [3.05, 3.63) is 121 Å². The Balaban J connectivity index is 1.92. The van der Waals surface area contributed by atoms with E-state index in [4.69, 9.17) is 8.37 Å². The molecular formula is C26H24O4S2. The van der Waals surface area contributed by atoms with Crippen molar-refractivity contribution >= 4 is 20.4 Å². The lowest BCUT2D eigenvalue weighted by atomic mass is 10.2. The van der Waals surface area contributed by atoms with Crippen molar-refractivity contribution in [2.24, 2.45) is 0 Å². The zero-order chi connectivity index (χ0) is 22.4. The van der Waals surface area contributed by atoms with Crippen molar-refractivity contribution in [1.29, 1.82) is 0 Å². The van der Waals surface area contributed by atoms with Gasteiger partial charge < -0.3 is 4.74 Å². The second kappa shape index (κ2) is 9.61. The Morgan fingerprint density at radius 2 is 1.03 bits per heavy atom. The monoisotopic (exact) mass is 464 g/mol. The largest absolute Gasteiger partial charge is 0.497 e. The van der Waals surface area contributed by atoms with Crippen LogP contribution in [0.3, 0.4) is 0 Å². The van der Waals surface area contributed by atoms with Crippen LogP contribution in [0.5, 0.6) is 5.75 Å².